The van der Waals surface area contributed by atoms with Crippen LogP contribution in [0.1, 0.15) is 20.7 Å². The summed E-state index contributed by atoms with van der Waals surface area (Å²) in [7, 11) is 0. The number of phenolic OH excluding ortho intramolecular Hbond substituents is 1. The summed E-state index contributed by atoms with van der Waals surface area (Å²) >= 11 is 16.7. The predicted molar refractivity (Wildman–Crippen MR) is 70.4 cm³/mol. The molecule has 1 rings (SSSR count). The first kappa shape index (κ1) is 15.2. The molecule has 0 aliphatic carbocycles. The van der Waals surface area contributed by atoms with Crippen LogP contribution >= 0.6 is 46.8 Å². The number of amides is 1. The molecule has 0 radical (unpaired) electrons. The molecule has 0 fully saturated rings. The molecule has 0 saturated heterocycles. The zero-order valence-electron chi connectivity index (χ0n) is 8.49. The van der Waals surface area contributed by atoms with Gasteiger partial charge < -0.3 is 10.2 Å². The molecule has 0 unspecified atom stereocenters. The van der Waals surface area contributed by atoms with E-state index < -0.39 is 15.0 Å². The third-order valence-electron chi connectivity index (χ3n) is 1.74. The Balaban J connectivity index is 2.97. The number of phenols is 1. The van der Waals surface area contributed by atoms with Crippen LogP contribution in [0.5, 0.6) is 5.75 Å². The highest BCUT2D eigenvalue weighted by molar-refractivity contribution is 8.03. The number of aromatic carboxylic acids is 1. The van der Waals surface area contributed by atoms with Gasteiger partial charge in [-0.15, -0.1) is 0 Å². The summed E-state index contributed by atoms with van der Waals surface area (Å²) in [6, 6.07) is 3.27. The highest BCUT2D eigenvalue weighted by Crippen LogP contribution is 2.36. The average molecular weight is 331 g/mol. The summed E-state index contributed by atoms with van der Waals surface area (Å²) in [5.41, 5.74) is -0.500. The zero-order valence-corrected chi connectivity index (χ0v) is 11.6. The maximum Gasteiger partial charge on any atom is 0.336 e. The fraction of sp³-hybridized carbons (Fsp3) is 0.111. The van der Waals surface area contributed by atoms with Crippen molar-refractivity contribution in [2.45, 2.75) is 3.12 Å². The molecule has 3 N–H and O–H groups in total. The van der Waals surface area contributed by atoms with Gasteiger partial charge in [0.05, 0.1) is 11.1 Å². The number of alkyl halides is 3. The van der Waals surface area contributed by atoms with Gasteiger partial charge in [-0.25, -0.2) is 4.79 Å². The summed E-state index contributed by atoms with van der Waals surface area (Å²) in [6.45, 7) is 0. The van der Waals surface area contributed by atoms with E-state index >= 15 is 0 Å². The van der Waals surface area contributed by atoms with E-state index in [9.17, 15) is 14.7 Å². The maximum absolute atomic E-state index is 11.7. The largest absolute Gasteiger partial charge is 0.508 e. The summed E-state index contributed by atoms with van der Waals surface area (Å²) in [6.07, 6.45) is 0. The van der Waals surface area contributed by atoms with Gasteiger partial charge >= 0.3 is 5.97 Å². The smallest absolute Gasteiger partial charge is 0.336 e. The molecule has 0 bridgehead atoms. The molecule has 18 heavy (non-hydrogen) atoms. The lowest BCUT2D eigenvalue weighted by atomic mass is 10.1. The highest BCUT2D eigenvalue weighted by atomic mass is 35.6. The summed E-state index contributed by atoms with van der Waals surface area (Å²) in [5.74, 6) is -2.34. The van der Waals surface area contributed by atoms with E-state index in [0.29, 0.717) is 11.9 Å². The van der Waals surface area contributed by atoms with Gasteiger partial charge in [0.15, 0.2) is 0 Å². The van der Waals surface area contributed by atoms with Crippen LogP contribution in [0.25, 0.3) is 0 Å². The van der Waals surface area contributed by atoms with Gasteiger partial charge in [0, 0.05) is 11.9 Å². The van der Waals surface area contributed by atoms with Gasteiger partial charge in [-0.1, -0.05) is 34.8 Å². The van der Waals surface area contributed by atoms with Crippen molar-refractivity contribution >= 4 is 58.6 Å². The SMILES string of the molecule is O=C(O)c1ccc(O)cc1C(=O)NSC(Cl)(Cl)Cl. The van der Waals surface area contributed by atoms with Crippen LogP contribution in [0.15, 0.2) is 18.2 Å². The van der Waals surface area contributed by atoms with Gasteiger partial charge in [-0.2, -0.15) is 0 Å². The second-order valence-electron chi connectivity index (χ2n) is 3.01. The standard InChI is InChI=1S/C9H6Cl3NO4S/c10-9(11,12)18-13-7(15)6-3-4(14)1-2-5(6)8(16)17/h1-3,14H,(H,13,15)(H,16,17). The summed E-state index contributed by atoms with van der Waals surface area (Å²) in [4.78, 5) is 22.6. The van der Waals surface area contributed by atoms with Gasteiger partial charge in [-0.05, 0) is 18.2 Å². The Morgan fingerprint density at radius 2 is 1.83 bits per heavy atom. The molecule has 0 spiro atoms. The number of aromatic hydroxyl groups is 1. The van der Waals surface area contributed by atoms with Crippen LogP contribution < -0.4 is 4.72 Å². The molecular weight excluding hydrogens is 325 g/mol. The Bertz CT molecular complexity index is 489. The Kier molecular flexibility index (Phi) is 4.98. The Hall–Kier alpha value is -0.820. The van der Waals surface area contributed by atoms with E-state index in [0.717, 1.165) is 18.2 Å². The number of carboxylic acid groups (broad SMARTS) is 1. The van der Waals surface area contributed by atoms with E-state index in [1.54, 1.807) is 0 Å². The van der Waals surface area contributed by atoms with E-state index in [2.05, 4.69) is 4.72 Å². The van der Waals surface area contributed by atoms with Crippen LogP contribution in [-0.2, 0) is 0 Å². The molecule has 0 heterocycles. The number of halogens is 3. The summed E-state index contributed by atoms with van der Waals surface area (Å²) < 4.78 is 0.401. The fourth-order valence-corrected chi connectivity index (χ4v) is 1.73. The fourth-order valence-electron chi connectivity index (χ4n) is 1.07. The maximum atomic E-state index is 11.7. The van der Waals surface area contributed by atoms with Crippen molar-refractivity contribution in [2.24, 2.45) is 0 Å². The predicted octanol–water partition coefficient (Wildman–Crippen LogP) is 2.80. The third kappa shape index (κ3) is 4.45. The molecule has 1 aromatic rings. The first-order valence-corrected chi connectivity index (χ1v) is 6.27. The Labute approximate surface area is 121 Å². The Morgan fingerprint density at radius 1 is 1.22 bits per heavy atom. The normalized spacial score (nSPS) is 11.1. The zero-order chi connectivity index (χ0) is 13.9. The number of benzene rings is 1. The van der Waals surface area contributed by atoms with Crippen LogP contribution in [0.4, 0.5) is 0 Å². The van der Waals surface area contributed by atoms with Gasteiger partial charge in [-0.3, -0.25) is 9.52 Å². The lowest BCUT2D eigenvalue weighted by molar-refractivity contribution is 0.0691. The van der Waals surface area contributed by atoms with Gasteiger partial charge in [0.1, 0.15) is 5.75 Å². The van der Waals surface area contributed by atoms with Gasteiger partial charge in [0.25, 0.3) is 9.03 Å². The monoisotopic (exact) mass is 329 g/mol. The first-order valence-electron chi connectivity index (χ1n) is 4.32. The molecule has 0 atom stereocenters. The molecular formula is C9H6Cl3NO4S. The van der Waals surface area contributed by atoms with Gasteiger partial charge in [0.2, 0.25) is 0 Å². The molecule has 98 valence electrons. The minimum atomic E-state index is -1.77. The average Bonchev–Trinajstić information content (AvgIpc) is 2.24. The Morgan fingerprint density at radius 3 is 2.33 bits per heavy atom. The van der Waals surface area contributed by atoms with Crippen LogP contribution in [0.2, 0.25) is 0 Å². The molecule has 0 aliphatic rings. The third-order valence-corrected chi connectivity index (χ3v) is 2.95. The van der Waals surface area contributed by atoms with Crippen molar-refractivity contribution < 1.29 is 19.8 Å². The van der Waals surface area contributed by atoms with Crippen LogP contribution in [0.3, 0.4) is 0 Å². The highest BCUT2D eigenvalue weighted by Gasteiger charge is 2.24. The minimum Gasteiger partial charge on any atom is -0.508 e. The molecule has 1 amide bonds. The van der Waals surface area contributed by atoms with E-state index in [4.69, 9.17) is 39.9 Å². The van der Waals surface area contributed by atoms with Crippen molar-refractivity contribution in [2.75, 3.05) is 0 Å². The van der Waals surface area contributed by atoms with Crippen molar-refractivity contribution in [3.05, 3.63) is 29.3 Å². The topological polar surface area (TPSA) is 86.6 Å². The molecule has 0 saturated carbocycles. The molecule has 9 heteroatoms. The van der Waals surface area contributed by atoms with Crippen LogP contribution in [0, 0.1) is 0 Å². The lowest BCUT2D eigenvalue weighted by Crippen LogP contribution is -2.22. The van der Waals surface area contributed by atoms with Crippen molar-refractivity contribution in [3.8, 4) is 5.75 Å². The molecule has 0 aromatic heterocycles. The van der Waals surface area contributed by atoms with Crippen molar-refractivity contribution in [1.82, 2.24) is 4.72 Å². The van der Waals surface area contributed by atoms with Crippen LogP contribution in [-0.4, -0.2) is 25.2 Å². The van der Waals surface area contributed by atoms with E-state index in [1.807, 2.05) is 0 Å². The quantitative estimate of drug-likeness (QED) is 0.586. The number of carbonyl (C=O) groups is 2. The van der Waals surface area contributed by atoms with E-state index in [-0.39, 0.29) is 16.9 Å². The molecule has 1 aromatic carbocycles. The number of carbonyl (C=O) groups excluding carboxylic acids is 1. The van der Waals surface area contributed by atoms with Crippen molar-refractivity contribution in [3.63, 3.8) is 0 Å². The number of rotatable bonds is 3. The number of hydrogen-bond acceptors (Lipinski definition) is 4. The number of carboxylic acids is 1. The summed E-state index contributed by atoms with van der Waals surface area (Å²) in [5, 5.41) is 18.1. The minimum absolute atomic E-state index is 0.232. The number of nitrogens with one attached hydrogen (secondary N) is 1. The number of hydrogen-bond donors (Lipinski definition) is 3. The van der Waals surface area contributed by atoms with Crippen molar-refractivity contribution in [1.29, 1.82) is 0 Å². The molecule has 0 aliphatic heterocycles. The van der Waals surface area contributed by atoms with E-state index in [1.165, 1.54) is 0 Å². The second kappa shape index (κ2) is 5.88. The lowest BCUT2D eigenvalue weighted by Gasteiger charge is -2.11. The second-order valence-corrected chi connectivity index (χ2v) is 6.99. The first-order chi connectivity index (χ1) is 8.20. The molecule has 5 nitrogen and oxygen atoms in total.